The van der Waals surface area contributed by atoms with Crippen LogP contribution in [-0.2, 0) is 10.3 Å². The molecule has 0 amide bonds. The highest BCUT2D eigenvalue weighted by Crippen LogP contribution is 2.25. The van der Waals surface area contributed by atoms with E-state index in [0.717, 1.165) is 16.7 Å². The Labute approximate surface area is 114 Å². The molecule has 3 nitrogen and oxygen atoms in total. The molecule has 1 heterocycles. The van der Waals surface area contributed by atoms with Gasteiger partial charge >= 0.3 is 0 Å². The molecular weight excluding hydrogens is 243 g/mol. The van der Waals surface area contributed by atoms with E-state index in [1.807, 2.05) is 20.8 Å². The van der Waals surface area contributed by atoms with Gasteiger partial charge in [-0.15, -0.1) is 0 Å². The molecule has 0 saturated carbocycles. The Morgan fingerprint density at radius 2 is 2.00 bits per heavy atom. The molecule has 0 spiro atoms. The van der Waals surface area contributed by atoms with Crippen molar-refractivity contribution in [2.45, 2.75) is 47.1 Å². The molecule has 1 aromatic heterocycles. The summed E-state index contributed by atoms with van der Waals surface area (Å²) in [7, 11) is 0. The molecule has 1 aromatic rings. The van der Waals surface area contributed by atoms with Crippen molar-refractivity contribution in [2.24, 2.45) is 5.92 Å². The van der Waals surface area contributed by atoms with Crippen molar-refractivity contribution in [3.8, 4) is 0 Å². The predicted octanol–water partition coefficient (Wildman–Crippen LogP) is 3.61. The van der Waals surface area contributed by atoms with E-state index in [9.17, 15) is 9.18 Å². The lowest BCUT2D eigenvalue weighted by atomic mass is 9.92. The largest absolute Gasteiger partial charge is 0.295 e. The molecule has 0 N–H and O–H groups in total. The summed E-state index contributed by atoms with van der Waals surface area (Å²) in [6, 6.07) is 0. The molecule has 0 radical (unpaired) electrons. The van der Waals surface area contributed by atoms with E-state index in [-0.39, 0.29) is 11.7 Å². The molecule has 0 aliphatic heterocycles. The van der Waals surface area contributed by atoms with Gasteiger partial charge in [-0.25, -0.2) is 4.39 Å². The summed E-state index contributed by atoms with van der Waals surface area (Å²) < 4.78 is 14.6. The molecule has 0 aliphatic carbocycles. The second kappa shape index (κ2) is 5.68. The first-order valence-electron chi connectivity index (χ1n) is 6.54. The maximum absolute atomic E-state index is 13.0. The van der Waals surface area contributed by atoms with Crippen molar-refractivity contribution in [2.75, 3.05) is 6.67 Å². The zero-order valence-corrected chi connectivity index (χ0v) is 12.6. The highest BCUT2D eigenvalue weighted by molar-refractivity contribution is 6.01. The Kier molecular flexibility index (Phi) is 4.66. The van der Waals surface area contributed by atoms with Crippen LogP contribution in [0.15, 0.2) is 18.0 Å². The van der Waals surface area contributed by atoms with Crippen molar-refractivity contribution in [1.29, 1.82) is 0 Å². The van der Waals surface area contributed by atoms with Crippen molar-refractivity contribution in [3.05, 3.63) is 23.5 Å². The third-order valence-corrected chi connectivity index (χ3v) is 3.32. The number of allylic oxidation sites excluding steroid dienone is 2. The maximum Gasteiger partial charge on any atom is 0.156 e. The van der Waals surface area contributed by atoms with Gasteiger partial charge in [-0.05, 0) is 39.2 Å². The molecule has 0 aliphatic rings. The van der Waals surface area contributed by atoms with Crippen LogP contribution in [0.4, 0.5) is 4.39 Å². The molecule has 4 heteroatoms. The summed E-state index contributed by atoms with van der Waals surface area (Å²) in [6.07, 6.45) is 3.50. The first-order valence-corrected chi connectivity index (χ1v) is 6.54. The molecule has 1 rings (SSSR count). The second-order valence-electron chi connectivity index (χ2n) is 5.87. The Morgan fingerprint density at radius 1 is 1.42 bits per heavy atom. The van der Waals surface area contributed by atoms with E-state index in [1.165, 1.54) is 0 Å². The Balaban J connectivity index is 3.24. The van der Waals surface area contributed by atoms with E-state index in [2.05, 4.69) is 5.10 Å². The van der Waals surface area contributed by atoms with Crippen LogP contribution in [0.2, 0.25) is 0 Å². The zero-order chi connectivity index (χ0) is 14.8. The van der Waals surface area contributed by atoms with Gasteiger partial charge in [0, 0.05) is 17.3 Å². The van der Waals surface area contributed by atoms with Crippen molar-refractivity contribution < 1.29 is 9.18 Å². The van der Waals surface area contributed by atoms with Gasteiger partial charge in [0.25, 0.3) is 0 Å². The average Bonchev–Trinajstić information content (AvgIpc) is 2.77. The number of nitrogens with zero attached hydrogens (tertiary/aromatic N) is 2. The molecule has 0 saturated heterocycles. The van der Waals surface area contributed by atoms with E-state index in [4.69, 9.17) is 0 Å². The summed E-state index contributed by atoms with van der Waals surface area (Å²) in [5.41, 5.74) is 1.94. The third kappa shape index (κ3) is 3.31. The smallest absolute Gasteiger partial charge is 0.156 e. The Hall–Kier alpha value is -1.45. The zero-order valence-electron chi connectivity index (χ0n) is 12.6. The second-order valence-corrected chi connectivity index (χ2v) is 5.87. The number of rotatable bonds is 5. The van der Waals surface area contributed by atoms with Gasteiger partial charge in [0.1, 0.15) is 6.67 Å². The van der Waals surface area contributed by atoms with Crippen molar-refractivity contribution in [1.82, 2.24) is 9.78 Å². The molecule has 0 fully saturated rings. The molecule has 0 atom stereocenters. The van der Waals surface area contributed by atoms with E-state index >= 15 is 0 Å². The number of aromatic nitrogens is 2. The highest BCUT2D eigenvalue weighted by Gasteiger charge is 2.22. The number of carbonyl (C=O) groups is 1. The molecule has 0 aromatic carbocycles. The fourth-order valence-corrected chi connectivity index (χ4v) is 2.17. The van der Waals surface area contributed by atoms with Crippen molar-refractivity contribution in [3.63, 3.8) is 0 Å². The summed E-state index contributed by atoms with van der Waals surface area (Å²) in [5, 5.41) is 4.21. The topological polar surface area (TPSA) is 34.9 Å². The first kappa shape index (κ1) is 15.6. The Morgan fingerprint density at radius 3 is 2.42 bits per heavy atom. The van der Waals surface area contributed by atoms with Crippen LogP contribution in [-0.4, -0.2) is 22.2 Å². The van der Waals surface area contributed by atoms with Gasteiger partial charge < -0.3 is 0 Å². The maximum atomic E-state index is 13.0. The number of hydrogen-bond acceptors (Lipinski definition) is 2. The van der Waals surface area contributed by atoms with Crippen LogP contribution >= 0.6 is 0 Å². The lowest BCUT2D eigenvalue weighted by Gasteiger charge is -2.21. The predicted molar refractivity (Wildman–Crippen MR) is 75.6 cm³/mol. The third-order valence-electron chi connectivity index (χ3n) is 3.32. The lowest BCUT2D eigenvalue weighted by molar-refractivity contribution is -0.113. The minimum Gasteiger partial charge on any atom is -0.295 e. The van der Waals surface area contributed by atoms with Crippen LogP contribution in [0.25, 0.3) is 5.57 Å². The van der Waals surface area contributed by atoms with Gasteiger partial charge in [-0.3, -0.25) is 9.48 Å². The van der Waals surface area contributed by atoms with Crippen molar-refractivity contribution >= 4 is 11.4 Å². The summed E-state index contributed by atoms with van der Waals surface area (Å²) >= 11 is 0. The van der Waals surface area contributed by atoms with Gasteiger partial charge in [-0.1, -0.05) is 13.8 Å². The highest BCUT2D eigenvalue weighted by atomic mass is 19.1. The van der Waals surface area contributed by atoms with Crippen LogP contribution < -0.4 is 0 Å². The molecule has 19 heavy (non-hydrogen) atoms. The van der Waals surface area contributed by atoms with Crippen LogP contribution in [0.1, 0.15) is 47.1 Å². The van der Waals surface area contributed by atoms with Crippen LogP contribution in [0, 0.1) is 5.92 Å². The molecular formula is C15H23FN2O. The molecule has 106 valence electrons. The quantitative estimate of drug-likeness (QED) is 0.763. The van der Waals surface area contributed by atoms with E-state index in [0.29, 0.717) is 0 Å². The van der Waals surface area contributed by atoms with Gasteiger partial charge in [-0.2, -0.15) is 5.10 Å². The number of ketones is 1. The average molecular weight is 266 g/mol. The number of hydrogen-bond donors (Lipinski definition) is 0. The molecule has 0 unspecified atom stereocenters. The number of Topliss-reactive ketones (excluding diaryl/α,β-unsaturated/α-hetero) is 1. The lowest BCUT2D eigenvalue weighted by Crippen LogP contribution is -2.28. The van der Waals surface area contributed by atoms with Gasteiger partial charge in [0.05, 0.1) is 11.7 Å². The normalized spacial score (nSPS) is 13.7. The monoisotopic (exact) mass is 266 g/mol. The molecule has 0 bridgehead atoms. The number of alkyl halides is 1. The van der Waals surface area contributed by atoms with Crippen LogP contribution in [0.3, 0.4) is 0 Å². The minimum absolute atomic E-state index is 0.0741. The SMILES string of the molecule is CC(=O)/C(=C(\C)c1cnn(C(C)(C)CF)c1)C(C)C. The number of halogens is 1. The standard InChI is InChI=1S/C15H23FN2O/c1-10(2)14(12(4)19)11(3)13-7-17-18(8-13)15(5,6)9-16/h7-8,10H,9H2,1-6H3/b14-11+. The minimum atomic E-state index is -0.660. The first-order chi connectivity index (χ1) is 8.70. The Bertz CT molecular complexity index is 498. The summed E-state index contributed by atoms with van der Waals surface area (Å²) in [5.74, 6) is 0.236. The summed E-state index contributed by atoms with van der Waals surface area (Å²) in [6.45, 7) is 10.6. The van der Waals surface area contributed by atoms with Crippen LogP contribution in [0.5, 0.6) is 0 Å². The van der Waals surface area contributed by atoms with E-state index < -0.39 is 12.2 Å². The fraction of sp³-hybridized carbons (Fsp3) is 0.600. The van der Waals surface area contributed by atoms with E-state index in [1.54, 1.807) is 37.8 Å². The van der Waals surface area contributed by atoms with Gasteiger partial charge in [0.2, 0.25) is 0 Å². The van der Waals surface area contributed by atoms with Gasteiger partial charge in [0.15, 0.2) is 5.78 Å². The fourth-order valence-electron chi connectivity index (χ4n) is 2.17. The number of carbonyl (C=O) groups excluding carboxylic acids is 1. The summed E-state index contributed by atoms with van der Waals surface area (Å²) in [4.78, 5) is 11.7.